The summed E-state index contributed by atoms with van der Waals surface area (Å²) in [6.45, 7) is 0. The maximum absolute atomic E-state index is 12.0. The number of nitrogens with one attached hydrogen (secondary N) is 1. The van der Waals surface area contributed by atoms with Crippen molar-refractivity contribution in [1.82, 2.24) is 5.32 Å². The molecule has 0 aliphatic heterocycles. The molecule has 1 aromatic carbocycles. The van der Waals surface area contributed by atoms with E-state index in [1.54, 1.807) is 30.3 Å². The van der Waals surface area contributed by atoms with E-state index in [4.69, 9.17) is 5.11 Å². The lowest BCUT2D eigenvalue weighted by Crippen LogP contribution is -2.43. The van der Waals surface area contributed by atoms with Crippen LogP contribution in [-0.2, 0) is 16.0 Å². The SMILES string of the molecule is O=C(CC(F)(F)F)NC(Cc1ccccc1)C(=O)O. The van der Waals surface area contributed by atoms with Crippen molar-refractivity contribution in [2.75, 3.05) is 0 Å². The quantitative estimate of drug-likeness (QED) is 0.860. The van der Waals surface area contributed by atoms with Crippen molar-refractivity contribution < 1.29 is 27.9 Å². The van der Waals surface area contributed by atoms with Gasteiger partial charge in [-0.25, -0.2) is 4.79 Å². The van der Waals surface area contributed by atoms with Crippen LogP contribution in [0.3, 0.4) is 0 Å². The van der Waals surface area contributed by atoms with Crippen LogP contribution < -0.4 is 5.32 Å². The molecule has 1 atom stereocenters. The summed E-state index contributed by atoms with van der Waals surface area (Å²) >= 11 is 0. The summed E-state index contributed by atoms with van der Waals surface area (Å²) in [4.78, 5) is 22.0. The van der Waals surface area contributed by atoms with E-state index < -0.39 is 30.5 Å². The van der Waals surface area contributed by atoms with Crippen LogP contribution in [0.15, 0.2) is 30.3 Å². The molecule has 1 aromatic rings. The van der Waals surface area contributed by atoms with Crippen LogP contribution in [0.1, 0.15) is 12.0 Å². The normalized spacial score (nSPS) is 12.8. The molecule has 0 heterocycles. The summed E-state index contributed by atoms with van der Waals surface area (Å²) in [5.74, 6) is -2.73. The van der Waals surface area contributed by atoms with E-state index in [2.05, 4.69) is 0 Å². The van der Waals surface area contributed by atoms with Gasteiger partial charge in [-0.1, -0.05) is 30.3 Å². The second kappa shape index (κ2) is 6.21. The standard InChI is InChI=1S/C12H12F3NO3/c13-12(14,15)7-10(17)16-9(11(18)19)6-8-4-2-1-3-5-8/h1-5,9H,6-7H2,(H,16,17)(H,18,19). The number of hydrogen-bond acceptors (Lipinski definition) is 2. The maximum Gasteiger partial charge on any atom is 0.397 e. The number of carbonyl (C=O) groups excluding carboxylic acids is 1. The van der Waals surface area contributed by atoms with Crippen molar-refractivity contribution >= 4 is 11.9 Å². The Labute approximate surface area is 107 Å². The highest BCUT2D eigenvalue weighted by molar-refractivity contribution is 5.84. The number of benzene rings is 1. The van der Waals surface area contributed by atoms with Crippen molar-refractivity contribution in [3.63, 3.8) is 0 Å². The van der Waals surface area contributed by atoms with Gasteiger partial charge in [-0.2, -0.15) is 13.2 Å². The average molecular weight is 275 g/mol. The predicted molar refractivity (Wildman–Crippen MR) is 60.4 cm³/mol. The van der Waals surface area contributed by atoms with E-state index in [-0.39, 0.29) is 6.42 Å². The zero-order chi connectivity index (χ0) is 14.5. The number of carboxylic acid groups (broad SMARTS) is 1. The Morgan fingerprint density at radius 3 is 2.26 bits per heavy atom. The van der Waals surface area contributed by atoms with Crippen molar-refractivity contribution in [1.29, 1.82) is 0 Å². The molecule has 4 nitrogen and oxygen atoms in total. The summed E-state index contributed by atoms with van der Waals surface area (Å²) in [6.07, 6.45) is -6.41. The second-order valence-corrected chi connectivity index (χ2v) is 3.94. The maximum atomic E-state index is 12.0. The highest BCUT2D eigenvalue weighted by Crippen LogP contribution is 2.19. The van der Waals surface area contributed by atoms with Crippen LogP contribution in [-0.4, -0.2) is 29.2 Å². The monoisotopic (exact) mass is 275 g/mol. The molecule has 0 aliphatic carbocycles. The molecule has 0 fully saturated rings. The molecular weight excluding hydrogens is 263 g/mol. The lowest BCUT2D eigenvalue weighted by atomic mass is 10.1. The topological polar surface area (TPSA) is 66.4 Å². The molecule has 1 amide bonds. The lowest BCUT2D eigenvalue weighted by Gasteiger charge is -2.15. The Bertz CT molecular complexity index is 445. The highest BCUT2D eigenvalue weighted by Gasteiger charge is 2.33. The summed E-state index contributed by atoms with van der Waals surface area (Å²) < 4.78 is 35.9. The fourth-order valence-corrected chi connectivity index (χ4v) is 1.48. The van der Waals surface area contributed by atoms with Gasteiger partial charge in [-0.05, 0) is 5.56 Å². The largest absolute Gasteiger partial charge is 0.480 e. The smallest absolute Gasteiger partial charge is 0.397 e. The minimum atomic E-state index is -4.65. The van der Waals surface area contributed by atoms with Gasteiger partial charge in [0, 0.05) is 6.42 Å². The van der Waals surface area contributed by atoms with Gasteiger partial charge in [-0.3, -0.25) is 4.79 Å². The van der Waals surface area contributed by atoms with Crippen molar-refractivity contribution in [2.24, 2.45) is 0 Å². The molecule has 1 unspecified atom stereocenters. The van der Waals surface area contributed by atoms with Crippen molar-refractivity contribution in [2.45, 2.75) is 25.1 Å². The number of carboxylic acids is 1. The number of hydrogen-bond donors (Lipinski definition) is 2. The van der Waals surface area contributed by atoms with Gasteiger partial charge in [0.25, 0.3) is 0 Å². The van der Waals surface area contributed by atoms with Crippen LogP contribution >= 0.6 is 0 Å². The van der Waals surface area contributed by atoms with Crippen LogP contribution in [0, 0.1) is 0 Å². The van der Waals surface area contributed by atoms with Gasteiger partial charge in [0.1, 0.15) is 12.5 Å². The van der Waals surface area contributed by atoms with Crippen LogP contribution in [0.25, 0.3) is 0 Å². The van der Waals surface area contributed by atoms with E-state index in [1.807, 2.05) is 5.32 Å². The highest BCUT2D eigenvalue weighted by atomic mass is 19.4. The third-order valence-corrected chi connectivity index (χ3v) is 2.28. The van der Waals surface area contributed by atoms with Crippen LogP contribution in [0.5, 0.6) is 0 Å². The Morgan fingerprint density at radius 2 is 1.79 bits per heavy atom. The Hall–Kier alpha value is -2.05. The number of aliphatic carboxylic acids is 1. The van der Waals surface area contributed by atoms with Crippen molar-refractivity contribution in [3.8, 4) is 0 Å². The van der Waals surface area contributed by atoms with Gasteiger partial charge in [0.05, 0.1) is 0 Å². The first-order valence-electron chi connectivity index (χ1n) is 5.41. The van der Waals surface area contributed by atoms with E-state index in [9.17, 15) is 22.8 Å². The number of carbonyl (C=O) groups is 2. The first kappa shape index (κ1) is 15.0. The second-order valence-electron chi connectivity index (χ2n) is 3.94. The van der Waals surface area contributed by atoms with Gasteiger partial charge in [0.15, 0.2) is 0 Å². The van der Waals surface area contributed by atoms with Crippen molar-refractivity contribution in [3.05, 3.63) is 35.9 Å². The van der Waals surface area contributed by atoms with Crippen LogP contribution in [0.2, 0.25) is 0 Å². The molecule has 0 aromatic heterocycles. The van der Waals surface area contributed by atoms with Crippen LogP contribution in [0.4, 0.5) is 13.2 Å². The molecule has 19 heavy (non-hydrogen) atoms. The zero-order valence-corrected chi connectivity index (χ0v) is 9.78. The number of alkyl halides is 3. The van der Waals surface area contributed by atoms with E-state index in [1.165, 1.54) is 0 Å². The van der Waals surface area contributed by atoms with Gasteiger partial charge in [-0.15, -0.1) is 0 Å². The molecule has 1 rings (SSSR count). The molecule has 0 saturated carbocycles. The molecule has 0 aliphatic rings. The summed E-state index contributed by atoms with van der Waals surface area (Å²) in [5.41, 5.74) is 0.613. The fourth-order valence-electron chi connectivity index (χ4n) is 1.48. The third-order valence-electron chi connectivity index (χ3n) is 2.28. The minimum Gasteiger partial charge on any atom is -0.480 e. The van der Waals surface area contributed by atoms with E-state index >= 15 is 0 Å². The Balaban J connectivity index is 2.64. The first-order chi connectivity index (χ1) is 8.78. The average Bonchev–Trinajstić information content (AvgIpc) is 2.26. The number of amides is 1. The van der Waals surface area contributed by atoms with E-state index in [0.29, 0.717) is 5.56 Å². The minimum absolute atomic E-state index is 0.0697. The van der Waals surface area contributed by atoms with Gasteiger partial charge < -0.3 is 10.4 Å². The molecular formula is C12H12F3NO3. The first-order valence-corrected chi connectivity index (χ1v) is 5.41. The summed E-state index contributed by atoms with van der Waals surface area (Å²) in [7, 11) is 0. The third kappa shape index (κ3) is 5.89. The zero-order valence-electron chi connectivity index (χ0n) is 9.78. The van der Waals surface area contributed by atoms with E-state index in [0.717, 1.165) is 0 Å². The Kier molecular flexibility index (Phi) is 4.91. The summed E-state index contributed by atoms with van der Waals surface area (Å²) in [5, 5.41) is 10.7. The molecule has 0 bridgehead atoms. The molecule has 0 radical (unpaired) electrons. The fraction of sp³-hybridized carbons (Fsp3) is 0.333. The number of halogens is 3. The summed E-state index contributed by atoms with van der Waals surface area (Å²) in [6, 6.07) is 6.95. The molecule has 7 heteroatoms. The Morgan fingerprint density at radius 1 is 1.21 bits per heavy atom. The van der Waals surface area contributed by atoms with Gasteiger partial charge >= 0.3 is 12.1 Å². The molecule has 2 N–H and O–H groups in total. The lowest BCUT2D eigenvalue weighted by molar-refractivity contribution is -0.156. The molecule has 0 spiro atoms. The molecule has 104 valence electrons. The molecule has 0 saturated heterocycles. The number of rotatable bonds is 5. The predicted octanol–water partition coefficient (Wildman–Crippen LogP) is 1.75. The van der Waals surface area contributed by atoms with Gasteiger partial charge in [0.2, 0.25) is 5.91 Å².